The lowest BCUT2D eigenvalue weighted by Gasteiger charge is -2.09. The lowest BCUT2D eigenvalue weighted by molar-refractivity contribution is 0.226. The Morgan fingerprint density at radius 3 is 2.43 bits per heavy atom. The molecule has 2 nitrogen and oxygen atoms in total. The maximum atomic E-state index is 8.92. The van der Waals surface area contributed by atoms with E-state index in [-0.39, 0.29) is 0 Å². The Morgan fingerprint density at radius 2 is 1.89 bits per heavy atom. The molecule has 156 valence electrons. The molecule has 0 saturated heterocycles. The summed E-state index contributed by atoms with van der Waals surface area (Å²) in [5.74, 6) is 1.22. The van der Waals surface area contributed by atoms with E-state index in [1.165, 1.54) is 31.3 Å². The van der Waals surface area contributed by atoms with Crippen molar-refractivity contribution in [3.63, 3.8) is 0 Å². The first-order chi connectivity index (χ1) is 13.3. The predicted molar refractivity (Wildman–Crippen MR) is 124 cm³/mol. The van der Waals surface area contributed by atoms with Crippen LogP contribution in [0.3, 0.4) is 0 Å². The Labute approximate surface area is 173 Å². The van der Waals surface area contributed by atoms with E-state index in [0.717, 1.165) is 29.0 Å². The molecule has 0 aliphatic carbocycles. The highest BCUT2D eigenvalue weighted by Crippen LogP contribution is 2.18. The fourth-order valence-electron chi connectivity index (χ4n) is 2.48. The number of unbranched alkanes of at least 4 members (excludes halogenated alkanes) is 1. The van der Waals surface area contributed by atoms with Crippen LogP contribution in [0.25, 0.3) is 0 Å². The lowest BCUT2D eigenvalue weighted by Crippen LogP contribution is -1.92. The Bertz CT molecular complexity index is 617. The molecule has 0 spiro atoms. The second kappa shape index (κ2) is 15.9. The van der Waals surface area contributed by atoms with E-state index in [0.29, 0.717) is 12.4 Å². The SMILES string of the molecule is C=C(/C=C\C=C(/C)COC)C(=C)CCCCC(C)CC.Cc1ccccc1O. The molecule has 1 unspecified atom stereocenters. The summed E-state index contributed by atoms with van der Waals surface area (Å²) in [6, 6.07) is 7.25. The third-order valence-electron chi connectivity index (χ3n) is 4.74. The van der Waals surface area contributed by atoms with Gasteiger partial charge in [-0.05, 0) is 61.0 Å². The molecule has 1 rings (SSSR count). The van der Waals surface area contributed by atoms with Crippen molar-refractivity contribution in [3.05, 3.63) is 77.9 Å². The fourth-order valence-corrected chi connectivity index (χ4v) is 2.48. The fraction of sp³-hybridized carbons (Fsp3) is 0.462. The number of hydrogen-bond acceptors (Lipinski definition) is 2. The average Bonchev–Trinajstić information content (AvgIpc) is 2.67. The van der Waals surface area contributed by atoms with Crippen LogP contribution in [0.5, 0.6) is 5.75 Å². The summed E-state index contributed by atoms with van der Waals surface area (Å²) in [5.41, 5.74) is 4.32. The van der Waals surface area contributed by atoms with E-state index < -0.39 is 0 Å². The number of hydrogen-bond donors (Lipinski definition) is 1. The van der Waals surface area contributed by atoms with Gasteiger partial charge in [-0.2, -0.15) is 0 Å². The largest absolute Gasteiger partial charge is 0.508 e. The number of aromatic hydroxyl groups is 1. The molecule has 1 atom stereocenters. The molecule has 28 heavy (non-hydrogen) atoms. The van der Waals surface area contributed by atoms with E-state index in [9.17, 15) is 0 Å². The first-order valence-electron chi connectivity index (χ1n) is 10.3. The molecular weight excluding hydrogens is 344 g/mol. The van der Waals surface area contributed by atoms with Crippen molar-refractivity contribution in [1.29, 1.82) is 0 Å². The minimum atomic E-state index is 0.368. The number of benzene rings is 1. The number of phenolic OH excluding ortho intramolecular Hbond substituents is 1. The smallest absolute Gasteiger partial charge is 0.118 e. The number of phenols is 1. The van der Waals surface area contributed by atoms with E-state index in [4.69, 9.17) is 9.84 Å². The molecule has 0 aromatic heterocycles. The van der Waals surface area contributed by atoms with Crippen LogP contribution in [0.2, 0.25) is 0 Å². The summed E-state index contributed by atoms with van der Waals surface area (Å²) in [7, 11) is 1.71. The quantitative estimate of drug-likeness (QED) is 0.315. The van der Waals surface area contributed by atoms with Crippen LogP contribution in [0, 0.1) is 12.8 Å². The molecule has 0 aliphatic rings. The van der Waals surface area contributed by atoms with Crippen LogP contribution in [0.1, 0.15) is 58.4 Å². The normalized spacial score (nSPS) is 12.4. The minimum Gasteiger partial charge on any atom is -0.508 e. The summed E-state index contributed by atoms with van der Waals surface area (Å²) in [6.45, 7) is 17.4. The van der Waals surface area contributed by atoms with Gasteiger partial charge in [0.25, 0.3) is 0 Å². The second-order valence-corrected chi connectivity index (χ2v) is 7.48. The number of para-hydroxylation sites is 1. The topological polar surface area (TPSA) is 29.5 Å². The zero-order valence-corrected chi connectivity index (χ0v) is 18.6. The van der Waals surface area contributed by atoms with Crippen LogP contribution < -0.4 is 0 Å². The summed E-state index contributed by atoms with van der Waals surface area (Å²) in [4.78, 5) is 0. The molecular formula is C26H40O2. The summed E-state index contributed by atoms with van der Waals surface area (Å²) in [6.07, 6.45) is 12.3. The Kier molecular flexibility index (Phi) is 14.8. The second-order valence-electron chi connectivity index (χ2n) is 7.48. The number of rotatable bonds is 11. The predicted octanol–water partition coefficient (Wildman–Crippen LogP) is 7.55. The molecule has 2 heteroatoms. The Morgan fingerprint density at radius 1 is 1.21 bits per heavy atom. The zero-order chi connectivity index (χ0) is 21.4. The minimum absolute atomic E-state index is 0.368. The van der Waals surface area contributed by atoms with Gasteiger partial charge in [-0.3, -0.25) is 0 Å². The molecule has 1 aromatic rings. The molecule has 1 aromatic carbocycles. The van der Waals surface area contributed by atoms with Gasteiger partial charge in [0.1, 0.15) is 5.75 Å². The van der Waals surface area contributed by atoms with E-state index in [1.807, 2.05) is 37.3 Å². The summed E-state index contributed by atoms with van der Waals surface area (Å²) in [5, 5.41) is 8.92. The van der Waals surface area contributed by atoms with Crippen LogP contribution >= 0.6 is 0 Å². The highest BCUT2D eigenvalue weighted by molar-refractivity contribution is 5.36. The molecule has 0 bridgehead atoms. The highest BCUT2D eigenvalue weighted by atomic mass is 16.5. The first-order valence-corrected chi connectivity index (χ1v) is 10.3. The molecule has 0 heterocycles. The number of ether oxygens (including phenoxy) is 1. The van der Waals surface area contributed by atoms with E-state index in [1.54, 1.807) is 13.2 Å². The van der Waals surface area contributed by atoms with Crippen LogP contribution in [-0.2, 0) is 4.74 Å². The van der Waals surface area contributed by atoms with Crippen LogP contribution in [0.15, 0.2) is 72.4 Å². The monoisotopic (exact) mass is 384 g/mol. The molecule has 0 fully saturated rings. The Hall–Kier alpha value is -2.06. The van der Waals surface area contributed by atoms with Crippen LogP contribution in [0.4, 0.5) is 0 Å². The average molecular weight is 385 g/mol. The van der Waals surface area contributed by atoms with Crippen molar-refractivity contribution in [3.8, 4) is 5.75 Å². The number of allylic oxidation sites excluding steroid dienone is 5. The van der Waals surface area contributed by atoms with Crippen molar-refractivity contribution in [2.75, 3.05) is 13.7 Å². The maximum Gasteiger partial charge on any atom is 0.118 e. The standard InChI is InChI=1S/C19H32O.C7H8O/c1-7-16(2)11-8-9-13-18(4)19(5)14-10-12-17(3)15-20-6;1-6-4-2-3-5-7(6)8/h10,12,14,16H,4-5,7-9,11,13,15H2,1-3,6H3;2-5,8H,1H3/b14-10-,17-12+;. The number of methoxy groups -OCH3 is 1. The summed E-state index contributed by atoms with van der Waals surface area (Å²) >= 11 is 0. The van der Waals surface area contributed by atoms with Gasteiger partial charge in [0, 0.05) is 7.11 Å². The molecule has 0 amide bonds. The molecule has 0 saturated carbocycles. The Balaban J connectivity index is 0.000000749. The molecule has 0 aliphatic heterocycles. The van der Waals surface area contributed by atoms with Crippen LogP contribution in [-0.4, -0.2) is 18.8 Å². The van der Waals surface area contributed by atoms with Crippen molar-refractivity contribution in [2.45, 2.75) is 59.8 Å². The van der Waals surface area contributed by atoms with Gasteiger partial charge in [0.2, 0.25) is 0 Å². The van der Waals surface area contributed by atoms with Gasteiger partial charge in [-0.25, -0.2) is 0 Å². The third-order valence-corrected chi connectivity index (χ3v) is 4.74. The molecule has 1 N–H and O–H groups in total. The highest BCUT2D eigenvalue weighted by Gasteiger charge is 2.00. The van der Waals surface area contributed by atoms with Gasteiger partial charge in [-0.1, -0.05) is 82.7 Å². The van der Waals surface area contributed by atoms with Gasteiger partial charge < -0.3 is 9.84 Å². The van der Waals surface area contributed by atoms with Gasteiger partial charge in [0.15, 0.2) is 0 Å². The van der Waals surface area contributed by atoms with Crippen molar-refractivity contribution < 1.29 is 9.84 Å². The molecule has 0 radical (unpaired) electrons. The zero-order valence-electron chi connectivity index (χ0n) is 18.6. The van der Waals surface area contributed by atoms with Gasteiger partial charge >= 0.3 is 0 Å². The van der Waals surface area contributed by atoms with Crippen molar-refractivity contribution >= 4 is 0 Å². The summed E-state index contributed by atoms with van der Waals surface area (Å²) < 4.78 is 5.06. The maximum absolute atomic E-state index is 8.92. The lowest BCUT2D eigenvalue weighted by atomic mass is 9.97. The third kappa shape index (κ3) is 13.2. The number of aryl methyl sites for hydroxylation is 1. The van der Waals surface area contributed by atoms with Crippen molar-refractivity contribution in [2.24, 2.45) is 5.92 Å². The van der Waals surface area contributed by atoms with Gasteiger partial charge in [-0.15, -0.1) is 0 Å². The van der Waals surface area contributed by atoms with Gasteiger partial charge in [0.05, 0.1) is 6.61 Å². The van der Waals surface area contributed by atoms with Crippen molar-refractivity contribution in [1.82, 2.24) is 0 Å². The first kappa shape index (κ1) is 25.9. The van der Waals surface area contributed by atoms with E-state index >= 15 is 0 Å². The van der Waals surface area contributed by atoms with E-state index in [2.05, 4.69) is 40.0 Å².